The lowest BCUT2D eigenvalue weighted by Gasteiger charge is -2.02. The Bertz CT molecular complexity index is 942. The second kappa shape index (κ2) is 7.60. The molecule has 0 aliphatic carbocycles. The average molecular weight is 351 g/mol. The molecule has 0 spiro atoms. The molecule has 0 bridgehead atoms. The van der Waals surface area contributed by atoms with E-state index >= 15 is 0 Å². The molecule has 0 amide bonds. The molecule has 0 radical (unpaired) electrons. The molecule has 0 atom stereocenters. The zero-order chi connectivity index (χ0) is 17.6. The molecule has 1 aromatic heterocycles. The van der Waals surface area contributed by atoms with Crippen molar-refractivity contribution < 1.29 is 9.13 Å². The third-order valence-corrected chi connectivity index (χ3v) is 4.36. The Hall–Kier alpha value is -3.17. The zero-order valence-electron chi connectivity index (χ0n) is 13.4. The van der Waals surface area contributed by atoms with Gasteiger partial charge in [-0.15, -0.1) is 11.3 Å². The maximum atomic E-state index is 13.6. The van der Waals surface area contributed by atoms with Gasteiger partial charge in [0.2, 0.25) is 0 Å². The van der Waals surface area contributed by atoms with Gasteiger partial charge in [-0.25, -0.2) is 9.37 Å². The van der Waals surface area contributed by atoms with E-state index in [0.29, 0.717) is 16.3 Å². The molecule has 3 rings (SSSR count). The van der Waals surface area contributed by atoms with Crippen molar-refractivity contribution in [3.8, 4) is 23.1 Å². The van der Waals surface area contributed by atoms with Gasteiger partial charge in [-0.05, 0) is 36.4 Å². The van der Waals surface area contributed by atoms with Crippen LogP contribution in [0.1, 0.15) is 5.01 Å². The van der Waals surface area contributed by atoms with Crippen molar-refractivity contribution in [1.82, 2.24) is 4.98 Å². The van der Waals surface area contributed by atoms with Crippen LogP contribution in [0.15, 0.2) is 60.1 Å². The maximum absolute atomic E-state index is 13.6. The fourth-order valence-electron chi connectivity index (χ4n) is 2.16. The van der Waals surface area contributed by atoms with E-state index in [1.54, 1.807) is 25.3 Å². The first-order valence-electron chi connectivity index (χ1n) is 7.43. The Kier molecular flexibility index (Phi) is 5.07. The largest absolute Gasteiger partial charge is 0.497 e. The van der Waals surface area contributed by atoms with Crippen LogP contribution in [-0.4, -0.2) is 12.1 Å². The van der Waals surface area contributed by atoms with Gasteiger partial charge in [0, 0.05) is 17.1 Å². The lowest BCUT2D eigenvalue weighted by molar-refractivity contribution is 0.415. The molecular formula is C19H14FN3OS. The van der Waals surface area contributed by atoms with Crippen LogP contribution in [0.5, 0.6) is 5.75 Å². The molecule has 0 saturated carbocycles. The van der Waals surface area contributed by atoms with Gasteiger partial charge >= 0.3 is 0 Å². The van der Waals surface area contributed by atoms with E-state index in [1.165, 1.54) is 23.6 Å². The summed E-state index contributed by atoms with van der Waals surface area (Å²) in [6.45, 7) is 0. The summed E-state index contributed by atoms with van der Waals surface area (Å²) >= 11 is 1.36. The summed E-state index contributed by atoms with van der Waals surface area (Å²) in [7, 11) is 1.61. The minimum absolute atomic E-state index is 0.308. The Labute approximate surface area is 148 Å². The summed E-state index contributed by atoms with van der Waals surface area (Å²) in [6.07, 6.45) is 1.47. The number of thiazole rings is 1. The van der Waals surface area contributed by atoms with Crippen LogP contribution < -0.4 is 10.1 Å². The number of allylic oxidation sites excluding steroid dienone is 1. The zero-order valence-corrected chi connectivity index (χ0v) is 14.2. The minimum Gasteiger partial charge on any atom is -0.497 e. The first-order valence-corrected chi connectivity index (χ1v) is 8.31. The molecule has 4 nitrogen and oxygen atoms in total. The molecular weight excluding hydrogens is 337 g/mol. The summed E-state index contributed by atoms with van der Waals surface area (Å²) in [5, 5.41) is 14.6. The van der Waals surface area contributed by atoms with Gasteiger partial charge in [-0.2, -0.15) is 5.26 Å². The number of halogens is 1. The van der Waals surface area contributed by atoms with Gasteiger partial charge in [0.1, 0.15) is 28.2 Å². The summed E-state index contributed by atoms with van der Waals surface area (Å²) in [5.41, 5.74) is 2.35. The number of ether oxygens (including phenoxy) is 1. The van der Waals surface area contributed by atoms with Gasteiger partial charge < -0.3 is 10.1 Å². The van der Waals surface area contributed by atoms with Crippen molar-refractivity contribution in [3.05, 3.63) is 70.9 Å². The molecule has 0 fully saturated rings. The van der Waals surface area contributed by atoms with Crippen molar-refractivity contribution in [3.63, 3.8) is 0 Å². The molecule has 1 N–H and O–H groups in total. The molecule has 1 heterocycles. The number of methoxy groups -OCH3 is 1. The van der Waals surface area contributed by atoms with Gasteiger partial charge in [-0.1, -0.05) is 12.1 Å². The van der Waals surface area contributed by atoms with E-state index in [-0.39, 0.29) is 5.82 Å². The van der Waals surface area contributed by atoms with E-state index < -0.39 is 0 Å². The summed E-state index contributed by atoms with van der Waals surface area (Å²) in [6, 6.07) is 15.9. The molecule has 0 unspecified atom stereocenters. The second-order valence-corrected chi connectivity index (χ2v) is 5.92. The number of benzene rings is 2. The lowest BCUT2D eigenvalue weighted by Crippen LogP contribution is -1.93. The van der Waals surface area contributed by atoms with Gasteiger partial charge in [0.15, 0.2) is 0 Å². The third kappa shape index (κ3) is 3.84. The number of aromatic nitrogens is 1. The van der Waals surface area contributed by atoms with Crippen LogP contribution in [0.2, 0.25) is 0 Å². The molecule has 124 valence electrons. The predicted octanol–water partition coefficient (Wildman–Crippen LogP) is 4.93. The van der Waals surface area contributed by atoms with Crippen LogP contribution in [-0.2, 0) is 0 Å². The highest BCUT2D eigenvalue weighted by atomic mass is 32.1. The van der Waals surface area contributed by atoms with E-state index in [2.05, 4.69) is 16.4 Å². The van der Waals surface area contributed by atoms with Crippen molar-refractivity contribution in [2.45, 2.75) is 0 Å². The Balaban J connectivity index is 1.82. The third-order valence-electron chi connectivity index (χ3n) is 3.49. The number of nitriles is 1. The Morgan fingerprint density at radius 3 is 2.68 bits per heavy atom. The summed E-state index contributed by atoms with van der Waals surface area (Å²) in [4.78, 5) is 4.50. The minimum atomic E-state index is -0.380. The number of nitrogens with zero attached hydrogens (tertiary/aromatic N) is 2. The van der Waals surface area contributed by atoms with Crippen molar-refractivity contribution >= 4 is 22.6 Å². The SMILES string of the molecule is COc1ccc(-c2csc(/C(C#N)=C/Nc3ccccc3F)n2)cc1. The van der Waals surface area contributed by atoms with E-state index in [9.17, 15) is 9.65 Å². The van der Waals surface area contributed by atoms with Gasteiger partial charge in [0.25, 0.3) is 0 Å². The van der Waals surface area contributed by atoms with Crippen molar-refractivity contribution in [1.29, 1.82) is 5.26 Å². The highest BCUT2D eigenvalue weighted by Gasteiger charge is 2.09. The fraction of sp³-hybridized carbons (Fsp3) is 0.0526. The smallest absolute Gasteiger partial charge is 0.146 e. The maximum Gasteiger partial charge on any atom is 0.146 e. The normalized spacial score (nSPS) is 11.0. The van der Waals surface area contributed by atoms with Gasteiger partial charge in [-0.3, -0.25) is 0 Å². The first-order chi connectivity index (χ1) is 12.2. The van der Waals surface area contributed by atoms with Crippen LogP contribution in [0.3, 0.4) is 0 Å². The second-order valence-electron chi connectivity index (χ2n) is 5.06. The monoisotopic (exact) mass is 351 g/mol. The van der Waals surface area contributed by atoms with E-state index in [0.717, 1.165) is 17.0 Å². The molecule has 0 aliphatic rings. The van der Waals surface area contributed by atoms with Crippen molar-refractivity contribution in [2.75, 3.05) is 12.4 Å². The molecule has 0 aliphatic heterocycles. The lowest BCUT2D eigenvalue weighted by atomic mass is 10.2. The molecule has 2 aromatic carbocycles. The number of nitrogens with one attached hydrogen (secondary N) is 1. The summed E-state index contributed by atoms with van der Waals surface area (Å²) < 4.78 is 18.8. The number of para-hydroxylation sites is 1. The average Bonchev–Trinajstić information content (AvgIpc) is 3.14. The van der Waals surface area contributed by atoms with Crippen LogP contribution in [0, 0.1) is 17.1 Å². The number of hydrogen-bond acceptors (Lipinski definition) is 5. The Morgan fingerprint density at radius 2 is 2.00 bits per heavy atom. The van der Waals surface area contributed by atoms with Crippen LogP contribution >= 0.6 is 11.3 Å². The fourth-order valence-corrected chi connectivity index (χ4v) is 2.96. The highest BCUT2D eigenvalue weighted by molar-refractivity contribution is 7.11. The molecule has 25 heavy (non-hydrogen) atoms. The number of anilines is 1. The van der Waals surface area contributed by atoms with Crippen LogP contribution in [0.25, 0.3) is 16.8 Å². The number of rotatable bonds is 5. The quantitative estimate of drug-likeness (QED) is 0.662. The molecule has 6 heteroatoms. The Morgan fingerprint density at radius 1 is 1.24 bits per heavy atom. The topological polar surface area (TPSA) is 57.9 Å². The molecule has 3 aromatic rings. The summed E-state index contributed by atoms with van der Waals surface area (Å²) in [5.74, 6) is 0.389. The van der Waals surface area contributed by atoms with E-state index in [1.807, 2.05) is 29.6 Å². The number of hydrogen-bond donors (Lipinski definition) is 1. The highest BCUT2D eigenvalue weighted by Crippen LogP contribution is 2.27. The van der Waals surface area contributed by atoms with Gasteiger partial charge in [0.05, 0.1) is 18.5 Å². The standard InChI is InChI=1S/C19H14FN3OS/c1-24-15-8-6-13(7-9-15)18-12-25-19(23-18)14(10-21)11-22-17-5-3-2-4-16(17)20/h2-9,11-12,22H,1H3/b14-11+. The van der Waals surface area contributed by atoms with E-state index in [4.69, 9.17) is 4.74 Å². The van der Waals surface area contributed by atoms with Crippen molar-refractivity contribution in [2.24, 2.45) is 0 Å². The molecule has 0 saturated heterocycles. The first kappa shape index (κ1) is 16.7. The predicted molar refractivity (Wildman–Crippen MR) is 97.7 cm³/mol. The van der Waals surface area contributed by atoms with Crippen LogP contribution in [0.4, 0.5) is 10.1 Å².